The van der Waals surface area contributed by atoms with Crippen LogP contribution in [-0.2, 0) is 21.7 Å². The van der Waals surface area contributed by atoms with Gasteiger partial charge in [-0.3, -0.25) is 0 Å². The molecule has 6 aromatic carbocycles. The van der Waals surface area contributed by atoms with Crippen LogP contribution in [0.25, 0.3) is 11.1 Å². The van der Waals surface area contributed by atoms with Crippen molar-refractivity contribution in [3.63, 3.8) is 0 Å². The molecule has 2 heterocycles. The van der Waals surface area contributed by atoms with Gasteiger partial charge in [0.1, 0.15) is 0 Å². The van der Waals surface area contributed by atoms with E-state index < -0.39 is 6.04 Å². The molecular weight excluding hydrogens is 663 g/mol. The molecule has 0 fully saturated rings. The molecule has 0 N–H and O–H groups in total. The fourth-order valence-electron chi connectivity index (χ4n) is 8.31. The topological polar surface area (TPSA) is 6.48 Å². The van der Waals surface area contributed by atoms with Crippen LogP contribution in [0.2, 0.25) is 0 Å². The highest BCUT2D eigenvalue weighted by molar-refractivity contribution is 7.00. The van der Waals surface area contributed by atoms with E-state index >= 15 is 0 Å². The Bertz CT molecular complexity index is 2680. The molecule has 0 radical (unpaired) electrons. The Balaban J connectivity index is 1.50. The molecule has 3 heteroatoms. The van der Waals surface area contributed by atoms with Crippen LogP contribution in [0.15, 0.2) is 127 Å². The van der Waals surface area contributed by atoms with Gasteiger partial charge in [0.15, 0.2) is 0 Å². The second-order valence-corrected chi connectivity index (χ2v) is 19.6. The normalized spacial score (nSPS) is 15.3. The molecule has 0 bridgehead atoms. The van der Waals surface area contributed by atoms with E-state index in [1.165, 1.54) is 33.1 Å². The van der Waals surface area contributed by atoms with Crippen molar-refractivity contribution in [2.24, 2.45) is 0 Å². The number of anilines is 6. The molecule has 0 saturated carbocycles. The van der Waals surface area contributed by atoms with Crippen LogP contribution in [-0.4, -0.2) is 6.71 Å². The number of fused-ring (bicyclic) bond motifs is 4. The summed E-state index contributed by atoms with van der Waals surface area (Å²) in [7, 11) is 0. The minimum atomic E-state index is -0.399. The van der Waals surface area contributed by atoms with Gasteiger partial charge < -0.3 is 9.80 Å². The Morgan fingerprint density at radius 3 is 1.38 bits per heavy atom. The summed E-state index contributed by atoms with van der Waals surface area (Å²) in [6, 6.07) is 34.2. The summed E-state index contributed by atoms with van der Waals surface area (Å²) < 4.78 is 44.4. The van der Waals surface area contributed by atoms with Gasteiger partial charge in [0, 0.05) is 34.0 Å². The maximum absolute atomic E-state index is 9.23. The lowest BCUT2D eigenvalue weighted by atomic mass is 9.33. The summed E-state index contributed by atoms with van der Waals surface area (Å²) in [5.74, 6) is 0. The molecule has 0 atom stereocenters. The van der Waals surface area contributed by atoms with Crippen molar-refractivity contribution in [2.45, 2.75) is 105 Å². The van der Waals surface area contributed by atoms with E-state index in [-0.39, 0.29) is 58.1 Å². The largest absolute Gasteiger partial charge is 0.311 e. The van der Waals surface area contributed by atoms with Crippen LogP contribution in [0, 0.1) is 0 Å². The van der Waals surface area contributed by atoms with Gasteiger partial charge in [0.25, 0.3) is 6.71 Å². The van der Waals surface area contributed by atoms with Gasteiger partial charge in [-0.15, -0.1) is 0 Å². The SMILES string of the molecule is [2H]c1c([2H])c([2H])c(-c2cc(C(C)(C)C)ccc2N2c3ccc(C(C)(C)C)cc3B3c4cc(C(C)(C)C)ccc4N(c4ccc(C(C)(C)C)cc4)c4cccc2c43)c([2H])c1[2H]. The second-order valence-electron chi connectivity index (χ2n) is 19.6. The van der Waals surface area contributed by atoms with Crippen LogP contribution >= 0.6 is 0 Å². The third-order valence-corrected chi connectivity index (χ3v) is 11.6. The maximum Gasteiger partial charge on any atom is 0.252 e. The number of hydrogen-bond donors (Lipinski definition) is 0. The van der Waals surface area contributed by atoms with Crippen LogP contribution in [0.1, 0.15) is 112 Å². The van der Waals surface area contributed by atoms with Gasteiger partial charge >= 0.3 is 0 Å². The summed E-state index contributed by atoms with van der Waals surface area (Å²) in [5.41, 5.74) is 14.7. The summed E-state index contributed by atoms with van der Waals surface area (Å²) in [6.07, 6.45) is 0. The molecule has 0 spiro atoms. The predicted octanol–water partition coefficient (Wildman–Crippen LogP) is 12.6. The predicted molar refractivity (Wildman–Crippen MR) is 241 cm³/mol. The fraction of sp³-hybridized carbons (Fsp3) is 0.308. The van der Waals surface area contributed by atoms with E-state index in [4.69, 9.17) is 4.11 Å². The van der Waals surface area contributed by atoms with Crippen molar-refractivity contribution in [3.05, 3.63) is 150 Å². The van der Waals surface area contributed by atoms with Gasteiger partial charge in [-0.05, 0) is 114 Å². The monoisotopic (exact) mass is 725 g/mol. The highest BCUT2D eigenvalue weighted by Crippen LogP contribution is 2.48. The van der Waals surface area contributed by atoms with E-state index in [0.29, 0.717) is 5.56 Å². The fourth-order valence-corrected chi connectivity index (χ4v) is 8.31. The Labute approximate surface area is 338 Å². The summed E-state index contributed by atoms with van der Waals surface area (Å²) >= 11 is 0. The zero-order valence-electron chi connectivity index (χ0n) is 39.7. The number of nitrogens with zero attached hydrogens (tertiary/aromatic N) is 2. The zero-order valence-corrected chi connectivity index (χ0v) is 34.7. The highest BCUT2D eigenvalue weighted by Gasteiger charge is 2.44. The molecule has 278 valence electrons. The maximum atomic E-state index is 9.23. The van der Waals surface area contributed by atoms with Crippen molar-refractivity contribution < 1.29 is 6.85 Å². The number of benzene rings is 6. The summed E-state index contributed by atoms with van der Waals surface area (Å²) in [5, 5.41) is 0. The standard InChI is InChI=1S/C52H57BN2/c1-49(2,3)35-21-26-39(27-22-35)54-44-29-24-37(51(7,8)9)32-41(44)53-42-33-38(52(10,11)12)25-30-45(42)55(47-20-16-19-46(54)48(47)53)43-28-23-36(50(4,5)6)31-40(43)34-17-14-13-15-18-34/h13-33H,1-12H3/i13D,14D,15D,17D,18D. The molecule has 0 amide bonds. The van der Waals surface area contributed by atoms with E-state index in [0.717, 1.165) is 39.7 Å². The Hall–Kier alpha value is -5.02. The van der Waals surface area contributed by atoms with Gasteiger partial charge in [-0.1, -0.05) is 162 Å². The number of hydrogen-bond acceptors (Lipinski definition) is 2. The van der Waals surface area contributed by atoms with E-state index in [1.807, 2.05) is 6.07 Å². The molecule has 2 aliphatic rings. The zero-order chi connectivity index (χ0) is 43.6. The highest BCUT2D eigenvalue weighted by atomic mass is 15.2. The van der Waals surface area contributed by atoms with Crippen molar-refractivity contribution in [3.8, 4) is 11.1 Å². The molecule has 8 rings (SSSR count). The van der Waals surface area contributed by atoms with Crippen LogP contribution in [0.5, 0.6) is 0 Å². The third kappa shape index (κ3) is 6.40. The van der Waals surface area contributed by atoms with Crippen molar-refractivity contribution in [2.75, 3.05) is 9.80 Å². The molecule has 2 nitrogen and oxygen atoms in total. The first kappa shape index (κ1) is 31.2. The number of rotatable bonds is 3. The van der Waals surface area contributed by atoms with Crippen LogP contribution < -0.4 is 26.2 Å². The first-order chi connectivity index (χ1) is 27.9. The summed E-state index contributed by atoms with van der Waals surface area (Å²) in [4.78, 5) is 4.71. The lowest BCUT2D eigenvalue weighted by Crippen LogP contribution is -2.61. The van der Waals surface area contributed by atoms with Gasteiger partial charge in [0.05, 0.1) is 12.5 Å². The molecule has 6 aromatic rings. The molecule has 0 saturated heterocycles. The Morgan fingerprint density at radius 2 is 0.873 bits per heavy atom. The van der Waals surface area contributed by atoms with Crippen molar-refractivity contribution in [1.29, 1.82) is 0 Å². The summed E-state index contributed by atoms with van der Waals surface area (Å²) in [6.45, 7) is 26.6. The molecule has 0 aromatic heterocycles. The lowest BCUT2D eigenvalue weighted by Gasteiger charge is -2.45. The molecular formula is C52H57BN2. The molecule has 0 unspecified atom stereocenters. The smallest absolute Gasteiger partial charge is 0.252 e. The molecule has 55 heavy (non-hydrogen) atoms. The average Bonchev–Trinajstić information content (AvgIpc) is 3.17. The third-order valence-electron chi connectivity index (χ3n) is 11.6. The first-order valence-electron chi connectivity index (χ1n) is 22.2. The molecule has 2 aliphatic heterocycles. The van der Waals surface area contributed by atoms with E-state index in [1.54, 1.807) is 0 Å². The first-order valence-corrected chi connectivity index (χ1v) is 19.7. The van der Waals surface area contributed by atoms with E-state index in [9.17, 15) is 2.74 Å². The Morgan fingerprint density at radius 1 is 0.436 bits per heavy atom. The van der Waals surface area contributed by atoms with Gasteiger partial charge in [0.2, 0.25) is 0 Å². The van der Waals surface area contributed by atoms with Crippen molar-refractivity contribution >= 4 is 57.2 Å². The second kappa shape index (κ2) is 12.8. The van der Waals surface area contributed by atoms with Crippen LogP contribution in [0.3, 0.4) is 0 Å². The average molecular weight is 726 g/mol. The Kier molecular flexibility index (Phi) is 7.25. The quantitative estimate of drug-likeness (QED) is 0.167. The van der Waals surface area contributed by atoms with E-state index in [2.05, 4.69) is 184 Å². The molecule has 0 aliphatic carbocycles. The minimum absolute atomic E-state index is 0.00639. The van der Waals surface area contributed by atoms with Gasteiger partial charge in [-0.25, -0.2) is 0 Å². The minimum Gasteiger partial charge on any atom is -0.311 e. The van der Waals surface area contributed by atoms with Crippen molar-refractivity contribution in [1.82, 2.24) is 0 Å². The van der Waals surface area contributed by atoms with Crippen LogP contribution in [0.4, 0.5) is 34.1 Å². The van der Waals surface area contributed by atoms with Gasteiger partial charge in [-0.2, -0.15) is 0 Å². The lowest BCUT2D eigenvalue weighted by molar-refractivity contribution is 0.590.